The Morgan fingerprint density at radius 2 is 1.71 bits per heavy atom. The molecule has 0 aromatic heterocycles. The van der Waals surface area contributed by atoms with Crippen LogP contribution in [0.4, 0.5) is 0 Å². The number of likely N-dealkylation sites (tertiary alicyclic amines) is 1. The van der Waals surface area contributed by atoms with E-state index < -0.39 is 17.7 Å². The fraction of sp³-hybridized carbons (Fsp3) is 0.385. The van der Waals surface area contributed by atoms with Crippen molar-refractivity contribution in [2.24, 2.45) is 0 Å². The smallest absolute Gasteiger partial charge is 0.295 e. The number of hydrogen-bond acceptors (Lipinski definition) is 7. The summed E-state index contributed by atoms with van der Waals surface area (Å²) in [4.78, 5) is 29.9. The number of methoxy groups -OCH3 is 2. The van der Waals surface area contributed by atoms with Crippen LogP contribution < -0.4 is 14.2 Å². The molecule has 2 aromatic carbocycles. The molecule has 0 saturated carbocycles. The summed E-state index contributed by atoms with van der Waals surface area (Å²) in [6.07, 6.45) is 0.659. The number of benzene rings is 2. The Kier molecular flexibility index (Phi) is 8.17. The normalized spacial score (nSPS) is 17.4. The number of carbonyl (C=O) groups is 2. The minimum atomic E-state index is -0.821. The number of Topliss-reactive ketones (excluding diaryl/α,β-unsaturated/α-hetero) is 1. The second-order valence-corrected chi connectivity index (χ2v) is 8.21. The van der Waals surface area contributed by atoms with Gasteiger partial charge in [-0.1, -0.05) is 0 Å². The average molecular weight is 469 g/mol. The second-order valence-electron chi connectivity index (χ2n) is 8.21. The average Bonchev–Trinajstić information content (AvgIpc) is 3.08. The number of aliphatic hydroxyl groups is 1. The van der Waals surface area contributed by atoms with Crippen LogP contribution in [0.15, 0.2) is 48.0 Å². The lowest BCUT2D eigenvalue weighted by Gasteiger charge is -2.27. The molecule has 1 saturated heterocycles. The maximum atomic E-state index is 13.2. The molecular formula is C26H32N2O6. The summed E-state index contributed by atoms with van der Waals surface area (Å²) in [7, 11) is 6.96. The van der Waals surface area contributed by atoms with E-state index >= 15 is 0 Å². The lowest BCUT2D eigenvalue weighted by Crippen LogP contribution is -2.32. The predicted octanol–water partition coefficient (Wildman–Crippen LogP) is 3.48. The molecule has 0 bridgehead atoms. The molecule has 1 aliphatic rings. The number of hydrogen-bond donors (Lipinski definition) is 1. The van der Waals surface area contributed by atoms with E-state index in [0.29, 0.717) is 47.9 Å². The maximum Gasteiger partial charge on any atom is 0.295 e. The van der Waals surface area contributed by atoms with Crippen LogP contribution >= 0.6 is 0 Å². The second kappa shape index (κ2) is 11.1. The summed E-state index contributed by atoms with van der Waals surface area (Å²) < 4.78 is 16.4. The van der Waals surface area contributed by atoms with Gasteiger partial charge in [-0.3, -0.25) is 9.59 Å². The first-order valence-electron chi connectivity index (χ1n) is 11.2. The molecule has 0 unspecified atom stereocenters. The van der Waals surface area contributed by atoms with Gasteiger partial charge in [0.25, 0.3) is 11.7 Å². The zero-order valence-corrected chi connectivity index (χ0v) is 20.3. The molecule has 34 heavy (non-hydrogen) atoms. The van der Waals surface area contributed by atoms with E-state index in [-0.39, 0.29) is 11.3 Å². The SMILES string of the molecule is CCOc1ccc(C(O)=C2C(=O)C(=O)N(CCCN(C)C)[C@@H]2c2cc(OC)ccc2OC)cc1. The number of ketones is 1. The Morgan fingerprint density at radius 1 is 1.03 bits per heavy atom. The molecule has 1 N–H and O–H groups in total. The third-order valence-electron chi connectivity index (χ3n) is 5.71. The van der Waals surface area contributed by atoms with Gasteiger partial charge in [-0.15, -0.1) is 0 Å². The quantitative estimate of drug-likeness (QED) is 0.324. The zero-order chi connectivity index (χ0) is 24.8. The Labute approximate surface area is 200 Å². The minimum absolute atomic E-state index is 0.0190. The number of nitrogens with zero attached hydrogens (tertiary/aromatic N) is 2. The Morgan fingerprint density at radius 3 is 2.29 bits per heavy atom. The fourth-order valence-corrected chi connectivity index (χ4v) is 4.08. The molecule has 1 amide bonds. The first-order valence-corrected chi connectivity index (χ1v) is 11.2. The molecule has 8 nitrogen and oxygen atoms in total. The van der Waals surface area contributed by atoms with Crippen molar-refractivity contribution in [1.82, 2.24) is 9.80 Å². The highest BCUT2D eigenvalue weighted by atomic mass is 16.5. The van der Waals surface area contributed by atoms with Gasteiger partial charge in [0.1, 0.15) is 23.0 Å². The number of rotatable bonds is 10. The van der Waals surface area contributed by atoms with E-state index in [1.807, 2.05) is 25.9 Å². The van der Waals surface area contributed by atoms with Crippen LogP contribution in [-0.4, -0.2) is 74.6 Å². The van der Waals surface area contributed by atoms with Crippen LogP contribution in [0, 0.1) is 0 Å². The van der Waals surface area contributed by atoms with Gasteiger partial charge in [-0.25, -0.2) is 0 Å². The highest BCUT2D eigenvalue weighted by molar-refractivity contribution is 6.46. The van der Waals surface area contributed by atoms with Gasteiger partial charge in [0.05, 0.1) is 32.4 Å². The molecular weight excluding hydrogens is 436 g/mol. The lowest BCUT2D eigenvalue weighted by molar-refractivity contribution is -0.140. The van der Waals surface area contributed by atoms with Crippen LogP contribution in [0.2, 0.25) is 0 Å². The number of ether oxygens (including phenoxy) is 3. The van der Waals surface area contributed by atoms with Crippen LogP contribution in [0.3, 0.4) is 0 Å². The fourth-order valence-electron chi connectivity index (χ4n) is 4.08. The van der Waals surface area contributed by atoms with E-state index in [4.69, 9.17) is 14.2 Å². The monoisotopic (exact) mass is 468 g/mol. The number of aliphatic hydroxyl groups excluding tert-OH is 1. The van der Waals surface area contributed by atoms with Crippen molar-refractivity contribution in [2.75, 3.05) is 48.0 Å². The molecule has 1 aliphatic heterocycles. The first-order chi connectivity index (χ1) is 16.3. The Bertz CT molecular complexity index is 1060. The van der Waals surface area contributed by atoms with Crippen molar-refractivity contribution in [1.29, 1.82) is 0 Å². The van der Waals surface area contributed by atoms with E-state index in [0.717, 1.165) is 6.54 Å². The summed E-state index contributed by atoms with van der Waals surface area (Å²) in [6.45, 7) is 3.48. The van der Waals surface area contributed by atoms with Crippen LogP contribution in [0.1, 0.15) is 30.5 Å². The van der Waals surface area contributed by atoms with Crippen molar-refractivity contribution >= 4 is 17.4 Å². The van der Waals surface area contributed by atoms with Gasteiger partial charge >= 0.3 is 0 Å². The summed E-state index contributed by atoms with van der Waals surface area (Å²) in [5, 5.41) is 11.2. The van der Waals surface area contributed by atoms with Crippen LogP contribution in [-0.2, 0) is 9.59 Å². The third kappa shape index (κ3) is 5.17. The molecule has 0 radical (unpaired) electrons. The number of carbonyl (C=O) groups excluding carboxylic acids is 2. The number of amides is 1. The summed E-state index contributed by atoms with van der Waals surface area (Å²) in [6, 6.07) is 11.1. The lowest BCUT2D eigenvalue weighted by atomic mass is 9.94. The largest absolute Gasteiger partial charge is 0.507 e. The molecule has 8 heteroatoms. The van der Waals surface area contributed by atoms with Crippen molar-refractivity contribution in [3.63, 3.8) is 0 Å². The summed E-state index contributed by atoms with van der Waals surface area (Å²) >= 11 is 0. The maximum absolute atomic E-state index is 13.2. The predicted molar refractivity (Wildman–Crippen MR) is 129 cm³/mol. The Balaban J connectivity index is 2.15. The Hall–Kier alpha value is -3.52. The third-order valence-corrected chi connectivity index (χ3v) is 5.71. The van der Waals surface area contributed by atoms with Crippen molar-refractivity contribution < 1.29 is 28.9 Å². The zero-order valence-electron chi connectivity index (χ0n) is 20.3. The van der Waals surface area contributed by atoms with E-state index in [1.54, 1.807) is 49.6 Å². The van der Waals surface area contributed by atoms with Gasteiger partial charge in [-0.05, 0) is 76.4 Å². The molecule has 1 atom stereocenters. The van der Waals surface area contributed by atoms with Crippen molar-refractivity contribution in [2.45, 2.75) is 19.4 Å². The van der Waals surface area contributed by atoms with Crippen LogP contribution in [0.5, 0.6) is 17.2 Å². The van der Waals surface area contributed by atoms with E-state index in [9.17, 15) is 14.7 Å². The van der Waals surface area contributed by atoms with E-state index in [2.05, 4.69) is 0 Å². The minimum Gasteiger partial charge on any atom is -0.507 e. The topological polar surface area (TPSA) is 88.5 Å². The van der Waals surface area contributed by atoms with Gasteiger partial charge in [0, 0.05) is 17.7 Å². The molecule has 0 spiro atoms. The first kappa shape index (κ1) is 25.1. The molecule has 1 fully saturated rings. The molecule has 3 rings (SSSR count). The van der Waals surface area contributed by atoms with Gasteiger partial charge in [-0.2, -0.15) is 0 Å². The van der Waals surface area contributed by atoms with Gasteiger partial charge in [0.2, 0.25) is 0 Å². The van der Waals surface area contributed by atoms with Crippen LogP contribution in [0.25, 0.3) is 5.76 Å². The summed E-state index contributed by atoms with van der Waals surface area (Å²) in [5.74, 6) is 0.0615. The molecule has 2 aromatic rings. The van der Waals surface area contributed by atoms with Gasteiger partial charge in [0.15, 0.2) is 0 Å². The highest BCUT2D eigenvalue weighted by Gasteiger charge is 2.47. The molecule has 0 aliphatic carbocycles. The van der Waals surface area contributed by atoms with Crippen molar-refractivity contribution in [3.8, 4) is 17.2 Å². The molecule has 1 heterocycles. The highest BCUT2D eigenvalue weighted by Crippen LogP contribution is 2.44. The standard InChI is InChI=1S/C26H32N2O6/c1-6-34-18-10-8-17(9-11-18)24(29)22-23(20-16-19(32-4)12-13-21(20)33-5)28(26(31)25(22)30)15-7-14-27(2)3/h8-13,16,23,29H,6-7,14-15H2,1-5H3/t23-/m1/s1. The summed E-state index contributed by atoms with van der Waals surface area (Å²) in [5.41, 5.74) is 1.01. The molecule has 182 valence electrons. The van der Waals surface area contributed by atoms with Gasteiger partial charge < -0.3 is 29.1 Å². The van der Waals surface area contributed by atoms with E-state index in [1.165, 1.54) is 12.0 Å². The van der Waals surface area contributed by atoms with Crippen molar-refractivity contribution in [3.05, 3.63) is 59.2 Å².